The molecule has 5 aromatic rings. The lowest BCUT2D eigenvalue weighted by Gasteiger charge is -2.27. The van der Waals surface area contributed by atoms with Crippen LogP contribution in [0.2, 0.25) is 0 Å². The van der Waals surface area contributed by atoms with Crippen LogP contribution in [0.1, 0.15) is 111 Å². The molecule has 1 heterocycles. The minimum absolute atomic E-state index is 0.0353. The van der Waals surface area contributed by atoms with E-state index in [1.165, 1.54) is 12.1 Å². The molecule has 0 saturated carbocycles. The number of sulfonamides is 1. The van der Waals surface area contributed by atoms with Gasteiger partial charge in [-0.15, -0.1) is 0 Å². The Labute approximate surface area is 398 Å². The second-order valence-electron chi connectivity index (χ2n) is 20.1. The molecule has 6 rings (SSSR count). The van der Waals surface area contributed by atoms with Crippen LogP contribution >= 0.6 is 47.0 Å². The molecule has 0 spiro atoms. The van der Waals surface area contributed by atoms with Crippen molar-refractivity contribution in [1.82, 2.24) is 0 Å². The molecule has 0 fully saturated rings. The summed E-state index contributed by atoms with van der Waals surface area (Å²) >= 11 is 3.86. The summed E-state index contributed by atoms with van der Waals surface area (Å²) in [5, 5.41) is 24.4. The molecule has 1 aliphatic heterocycles. The average Bonchev–Trinajstić information content (AvgIpc) is 3.14. The van der Waals surface area contributed by atoms with E-state index < -0.39 is 53.1 Å². The van der Waals surface area contributed by atoms with Gasteiger partial charge < -0.3 is 14.4 Å². The topological polar surface area (TPSA) is 130 Å². The maximum absolute atomic E-state index is 14.4. The summed E-state index contributed by atoms with van der Waals surface area (Å²) in [6.45, 7) is 25.3. The summed E-state index contributed by atoms with van der Waals surface area (Å²) in [5.74, 6) is -1.03. The fourth-order valence-corrected chi connectivity index (χ4v) is 12.8. The molecule has 0 amide bonds. The van der Waals surface area contributed by atoms with Crippen LogP contribution in [0.5, 0.6) is 17.2 Å². The van der Waals surface area contributed by atoms with E-state index >= 15 is 0 Å². The van der Waals surface area contributed by atoms with Crippen molar-refractivity contribution >= 4 is 72.9 Å². The van der Waals surface area contributed by atoms with Crippen LogP contribution in [-0.4, -0.2) is 32.6 Å². The van der Waals surface area contributed by atoms with Gasteiger partial charge in [-0.05, 0) is 112 Å². The fraction of sp³-hybridized carbons (Fsp3) is 0.375. The van der Waals surface area contributed by atoms with Crippen LogP contribution in [0.25, 0.3) is 0 Å². The zero-order valence-electron chi connectivity index (χ0n) is 38.4. The van der Waals surface area contributed by atoms with Gasteiger partial charge in [0.1, 0.15) is 11.5 Å². The number of phenols is 2. The van der Waals surface area contributed by atoms with Gasteiger partial charge in [-0.2, -0.15) is 21.6 Å². The average molecular weight is 1010 g/mol. The number of hydrogen-bond donors (Lipinski definition) is 3. The maximum atomic E-state index is 14.4. The van der Waals surface area contributed by atoms with E-state index in [4.69, 9.17) is 4.18 Å². The monoisotopic (exact) mass is 1010 g/mol. The maximum Gasteiger partial charge on any atom is 0.534 e. The highest BCUT2D eigenvalue weighted by atomic mass is 32.2. The van der Waals surface area contributed by atoms with Crippen molar-refractivity contribution in [3.8, 4) is 17.2 Å². The first kappa shape index (κ1) is 50.8. The van der Waals surface area contributed by atoms with Crippen molar-refractivity contribution in [3.05, 3.63) is 101 Å². The van der Waals surface area contributed by atoms with E-state index in [1.807, 2.05) is 108 Å². The molecule has 3 N–H and O–H groups in total. The number of fused-ring (bicyclic) bond motifs is 8. The first-order chi connectivity index (χ1) is 29.5. The van der Waals surface area contributed by atoms with Crippen molar-refractivity contribution in [3.63, 3.8) is 0 Å². The van der Waals surface area contributed by atoms with E-state index in [0.717, 1.165) is 63.7 Å². The van der Waals surface area contributed by atoms with E-state index in [9.17, 15) is 40.2 Å². The Morgan fingerprint density at radius 3 is 1.12 bits per heavy atom. The van der Waals surface area contributed by atoms with Crippen LogP contribution in [0.15, 0.2) is 117 Å². The van der Waals surface area contributed by atoms with Gasteiger partial charge in [-0.25, -0.2) is 8.42 Å². The first-order valence-corrected chi connectivity index (χ1v) is 26.6. The summed E-state index contributed by atoms with van der Waals surface area (Å²) in [7, 11) is -10.7. The lowest BCUT2D eigenvalue weighted by atomic mass is 9.87. The number of aryl methyl sites for hydroxylation is 1. The molecule has 0 saturated heterocycles. The van der Waals surface area contributed by atoms with Crippen LogP contribution in [0, 0.1) is 6.92 Å². The van der Waals surface area contributed by atoms with Gasteiger partial charge >= 0.3 is 15.6 Å². The molecule has 0 aromatic heterocycles. The highest BCUT2D eigenvalue weighted by Crippen LogP contribution is 2.56. The normalized spacial score (nSPS) is 14.3. The van der Waals surface area contributed by atoms with Gasteiger partial charge in [0.05, 0.1) is 40.0 Å². The standard InChI is InChI=1S/C48H54F3NO7S6/c1-26-14-16-31(17-15-26)64(55,56)52-40-32-18-27(44(2,3)4)19-33(40)61-38-24-30(47(11,12)13)25-39(43(38)59-65(57,58)48(49,50)51)63-37-23-29(46(8,9)10)22-36(42(37)54)62-35-21-28(45(5,6)7)20-34(60-32)41(35)53/h14-25,52-54H,1-13H3. The fourth-order valence-electron chi connectivity index (χ4n) is 6.41. The quantitative estimate of drug-likeness (QED) is 0.113. The predicted octanol–water partition coefficient (Wildman–Crippen LogP) is 14.5. The van der Waals surface area contributed by atoms with E-state index in [-0.39, 0.29) is 41.7 Å². The Bertz CT molecular complexity index is 2910. The molecule has 17 heteroatoms. The summed E-state index contributed by atoms with van der Waals surface area (Å²) < 4.78 is 106. The number of nitrogens with one attached hydrogen (secondary N) is 1. The summed E-state index contributed by atoms with van der Waals surface area (Å²) in [6, 6.07) is 20.0. The van der Waals surface area contributed by atoms with Crippen molar-refractivity contribution in [2.24, 2.45) is 0 Å². The third-order valence-electron chi connectivity index (χ3n) is 10.6. The number of benzene rings is 5. The molecule has 65 heavy (non-hydrogen) atoms. The minimum Gasteiger partial charge on any atom is -0.506 e. The third-order valence-corrected chi connectivity index (χ3v) is 17.1. The Hall–Kier alpha value is -3.61. The second kappa shape index (κ2) is 17.5. The van der Waals surface area contributed by atoms with Crippen molar-refractivity contribution < 1.29 is 44.4 Å². The van der Waals surface area contributed by atoms with Gasteiger partial charge in [-0.3, -0.25) is 4.72 Å². The number of alkyl halides is 3. The Kier molecular flexibility index (Phi) is 13.7. The van der Waals surface area contributed by atoms with Crippen LogP contribution in [0.3, 0.4) is 0 Å². The Morgan fingerprint density at radius 2 is 0.785 bits per heavy atom. The molecule has 0 unspecified atom stereocenters. The molecule has 5 aromatic carbocycles. The van der Waals surface area contributed by atoms with Crippen molar-refractivity contribution in [1.29, 1.82) is 0 Å². The van der Waals surface area contributed by atoms with Gasteiger partial charge in [0.15, 0.2) is 5.75 Å². The van der Waals surface area contributed by atoms with Gasteiger partial charge in [-0.1, -0.05) is 148 Å². The van der Waals surface area contributed by atoms with Gasteiger partial charge in [0, 0.05) is 9.79 Å². The number of hydrogen-bond acceptors (Lipinski definition) is 11. The number of anilines is 1. The molecular weight excluding hydrogens is 952 g/mol. The van der Waals surface area contributed by atoms with Gasteiger partial charge in [0.2, 0.25) is 0 Å². The number of phenolic OH excluding ortho intramolecular Hbond substituents is 2. The smallest absolute Gasteiger partial charge is 0.506 e. The number of halogens is 3. The predicted molar refractivity (Wildman–Crippen MR) is 258 cm³/mol. The first-order valence-electron chi connectivity index (χ1n) is 20.5. The number of aromatic hydroxyl groups is 2. The SMILES string of the molecule is Cc1ccc(S(=O)(=O)Nc2c3cc(C(C)(C)C)cc2Sc2cc(C(C)(C)C)cc(c2OS(=O)(=O)C(F)(F)F)Sc2cc(C(C)(C)C)cc(c2O)Sc2cc(C(C)(C)C)cc(c2O)S3)cc1. The largest absolute Gasteiger partial charge is 0.534 e. The molecule has 1 aliphatic rings. The highest BCUT2D eigenvalue weighted by Gasteiger charge is 2.49. The van der Waals surface area contributed by atoms with Crippen LogP contribution in [-0.2, 0) is 41.8 Å². The van der Waals surface area contributed by atoms with Crippen molar-refractivity contribution in [2.75, 3.05) is 4.72 Å². The lowest BCUT2D eigenvalue weighted by molar-refractivity contribution is -0.0501. The van der Waals surface area contributed by atoms with Crippen molar-refractivity contribution in [2.45, 2.75) is 161 Å². The summed E-state index contributed by atoms with van der Waals surface area (Å²) in [5.41, 5.74) is -4.32. The van der Waals surface area contributed by atoms with Gasteiger partial charge in [0.25, 0.3) is 10.0 Å². The second-order valence-corrected chi connectivity index (χ2v) is 27.7. The van der Waals surface area contributed by atoms with Crippen LogP contribution < -0.4 is 8.91 Å². The molecule has 0 radical (unpaired) electrons. The molecule has 8 bridgehead atoms. The zero-order valence-corrected chi connectivity index (χ0v) is 43.3. The van der Waals surface area contributed by atoms with E-state index in [1.54, 1.807) is 42.5 Å². The highest BCUT2D eigenvalue weighted by molar-refractivity contribution is 8.01. The summed E-state index contributed by atoms with van der Waals surface area (Å²) in [4.78, 5) is 1.62. The van der Waals surface area contributed by atoms with E-state index in [0.29, 0.717) is 30.7 Å². The molecule has 0 aliphatic carbocycles. The Morgan fingerprint density at radius 1 is 0.492 bits per heavy atom. The zero-order chi connectivity index (χ0) is 48.6. The molecular formula is C48H54F3NO7S6. The molecule has 8 nitrogen and oxygen atoms in total. The van der Waals surface area contributed by atoms with Crippen LogP contribution in [0.4, 0.5) is 18.9 Å². The molecule has 350 valence electrons. The lowest BCUT2D eigenvalue weighted by Crippen LogP contribution is -2.28. The summed E-state index contributed by atoms with van der Waals surface area (Å²) in [6.07, 6.45) is 0. The number of rotatable bonds is 5. The van der Waals surface area contributed by atoms with E-state index in [2.05, 4.69) is 4.72 Å². The Balaban J connectivity index is 1.82. The minimum atomic E-state index is -6.29. The molecule has 0 atom stereocenters. The third kappa shape index (κ3) is 11.2.